The van der Waals surface area contributed by atoms with E-state index in [-0.39, 0.29) is 11.8 Å². The standard InChI is InChI=1S/C35H26N4/c36-23-27-21-30-26(22-32(27)39(28-14-6-2-7-15-28)29-16-8-3-9-17-29)20-19-24-13-10-18-31-33(24)34(30)38-35(37-31)25-11-4-1-5-12-25/h1-2,4-8,10-22,24,33H,3,9H2. The molecule has 3 aromatic carbocycles. The van der Waals surface area contributed by atoms with Crippen LogP contribution in [0.15, 0.2) is 137 Å². The number of amidine groups is 1. The first-order chi connectivity index (χ1) is 19.3. The summed E-state index contributed by atoms with van der Waals surface area (Å²) in [6.07, 6.45) is 19.5. The minimum absolute atomic E-state index is 0.0200. The molecule has 3 aromatic rings. The van der Waals surface area contributed by atoms with E-state index in [9.17, 15) is 5.26 Å². The van der Waals surface area contributed by atoms with Gasteiger partial charge in [-0.2, -0.15) is 5.26 Å². The lowest BCUT2D eigenvalue weighted by atomic mass is 9.79. The summed E-state index contributed by atoms with van der Waals surface area (Å²) in [7, 11) is 0. The third kappa shape index (κ3) is 4.09. The topological polar surface area (TPSA) is 51.8 Å². The lowest BCUT2D eigenvalue weighted by Crippen LogP contribution is -2.30. The molecule has 0 N–H and O–H groups in total. The highest BCUT2D eigenvalue weighted by Crippen LogP contribution is 2.42. The molecule has 0 aromatic heterocycles. The zero-order valence-corrected chi connectivity index (χ0v) is 21.4. The molecule has 1 heterocycles. The molecule has 7 rings (SSSR count). The van der Waals surface area contributed by atoms with Gasteiger partial charge in [-0.25, -0.2) is 9.98 Å². The molecule has 186 valence electrons. The minimum Gasteiger partial charge on any atom is -0.309 e. The fraction of sp³-hybridized carbons (Fsp3) is 0.114. The van der Waals surface area contributed by atoms with Crippen molar-refractivity contribution in [1.82, 2.24) is 0 Å². The molecule has 1 aliphatic heterocycles. The number of benzene rings is 3. The van der Waals surface area contributed by atoms with Crippen molar-refractivity contribution < 1.29 is 0 Å². The van der Waals surface area contributed by atoms with Gasteiger partial charge in [0.15, 0.2) is 5.84 Å². The Kier molecular flexibility index (Phi) is 5.75. The molecular weight excluding hydrogens is 476 g/mol. The number of nitriles is 1. The van der Waals surface area contributed by atoms with Crippen molar-refractivity contribution in [1.29, 1.82) is 5.26 Å². The van der Waals surface area contributed by atoms with Crippen molar-refractivity contribution >= 4 is 29.0 Å². The van der Waals surface area contributed by atoms with Gasteiger partial charge >= 0.3 is 0 Å². The van der Waals surface area contributed by atoms with E-state index in [1.807, 2.05) is 54.6 Å². The summed E-state index contributed by atoms with van der Waals surface area (Å²) in [5, 5.41) is 10.5. The van der Waals surface area contributed by atoms with Crippen LogP contribution in [0.2, 0.25) is 0 Å². The van der Waals surface area contributed by atoms with Crippen LogP contribution in [-0.4, -0.2) is 11.5 Å². The second kappa shape index (κ2) is 9.70. The molecular formula is C35H26N4. The maximum Gasteiger partial charge on any atom is 0.159 e. The zero-order chi connectivity index (χ0) is 26.2. The van der Waals surface area contributed by atoms with Crippen LogP contribution in [0.5, 0.6) is 0 Å². The minimum atomic E-state index is 0.0200. The van der Waals surface area contributed by atoms with E-state index in [1.165, 1.54) is 0 Å². The Morgan fingerprint density at radius 1 is 0.872 bits per heavy atom. The van der Waals surface area contributed by atoms with Crippen LogP contribution in [0.1, 0.15) is 35.1 Å². The van der Waals surface area contributed by atoms with Crippen LogP contribution in [0, 0.1) is 23.2 Å². The quantitative estimate of drug-likeness (QED) is 0.364. The van der Waals surface area contributed by atoms with Crippen molar-refractivity contribution in [3.05, 3.63) is 149 Å². The number of nitrogens with zero attached hydrogens (tertiary/aromatic N) is 4. The Balaban J connectivity index is 1.43. The maximum atomic E-state index is 10.5. The summed E-state index contributed by atoms with van der Waals surface area (Å²) in [6.45, 7) is 0. The van der Waals surface area contributed by atoms with E-state index < -0.39 is 0 Å². The van der Waals surface area contributed by atoms with Crippen LogP contribution >= 0.6 is 0 Å². The van der Waals surface area contributed by atoms with Gasteiger partial charge in [-0.1, -0.05) is 85.0 Å². The molecule has 39 heavy (non-hydrogen) atoms. The van der Waals surface area contributed by atoms with Gasteiger partial charge in [0.2, 0.25) is 0 Å². The Morgan fingerprint density at radius 2 is 1.69 bits per heavy atom. The monoisotopic (exact) mass is 502 g/mol. The van der Waals surface area contributed by atoms with Crippen molar-refractivity contribution in [3.8, 4) is 6.07 Å². The third-order valence-corrected chi connectivity index (χ3v) is 7.64. The number of aliphatic imine (C=N–C) groups is 2. The average Bonchev–Trinajstić information content (AvgIpc) is 3.16. The molecule has 4 aliphatic rings. The van der Waals surface area contributed by atoms with E-state index in [2.05, 4.69) is 77.8 Å². The summed E-state index contributed by atoms with van der Waals surface area (Å²) >= 11 is 0. The Labute approximate surface area is 228 Å². The number of fused-ring (bicyclic) bond motifs is 2. The van der Waals surface area contributed by atoms with Crippen molar-refractivity contribution in [3.63, 3.8) is 0 Å². The second-order valence-corrected chi connectivity index (χ2v) is 10.0. The van der Waals surface area contributed by atoms with Crippen LogP contribution < -0.4 is 4.90 Å². The van der Waals surface area contributed by atoms with Crippen molar-refractivity contribution in [2.75, 3.05) is 4.90 Å². The number of anilines is 2. The Morgan fingerprint density at radius 3 is 2.46 bits per heavy atom. The van der Waals surface area contributed by atoms with E-state index in [0.29, 0.717) is 11.4 Å². The second-order valence-electron chi connectivity index (χ2n) is 10.0. The van der Waals surface area contributed by atoms with Gasteiger partial charge in [0.25, 0.3) is 0 Å². The predicted molar refractivity (Wildman–Crippen MR) is 159 cm³/mol. The number of hydrogen-bond donors (Lipinski definition) is 0. The molecule has 2 atom stereocenters. The molecule has 4 heteroatoms. The Bertz CT molecular complexity index is 1710. The molecule has 0 fully saturated rings. The number of rotatable bonds is 4. The zero-order valence-electron chi connectivity index (χ0n) is 21.4. The van der Waals surface area contributed by atoms with Crippen LogP contribution in [0.3, 0.4) is 0 Å². The molecule has 0 saturated carbocycles. The van der Waals surface area contributed by atoms with Gasteiger partial charge in [-0.05, 0) is 54.8 Å². The summed E-state index contributed by atoms with van der Waals surface area (Å²) in [5.41, 5.74) is 8.60. The van der Waals surface area contributed by atoms with Gasteiger partial charge in [-0.3, -0.25) is 0 Å². The lowest BCUT2D eigenvalue weighted by Gasteiger charge is -2.31. The van der Waals surface area contributed by atoms with Gasteiger partial charge in [0.05, 0.1) is 28.6 Å². The SMILES string of the molecule is N#Cc1cc2c(cc1N(C1=CCCC=C1)c1ccccc1)C=CC1C=CC=C3N=C(c4ccccc4)N=C2C31. The molecule has 2 unspecified atom stereocenters. The molecule has 0 amide bonds. The fourth-order valence-corrected chi connectivity index (χ4v) is 5.80. The number of para-hydroxylation sites is 1. The number of allylic oxidation sites excluding steroid dienone is 8. The van der Waals surface area contributed by atoms with Gasteiger partial charge < -0.3 is 4.90 Å². The lowest BCUT2D eigenvalue weighted by molar-refractivity contribution is 0.658. The fourth-order valence-electron chi connectivity index (χ4n) is 5.80. The van der Waals surface area contributed by atoms with E-state index >= 15 is 0 Å². The van der Waals surface area contributed by atoms with Gasteiger partial charge in [0.1, 0.15) is 6.07 Å². The smallest absolute Gasteiger partial charge is 0.159 e. The highest BCUT2D eigenvalue weighted by Gasteiger charge is 2.36. The molecule has 0 spiro atoms. The summed E-state index contributed by atoms with van der Waals surface area (Å²) < 4.78 is 0. The molecule has 4 nitrogen and oxygen atoms in total. The first-order valence-corrected chi connectivity index (χ1v) is 13.4. The predicted octanol–water partition coefficient (Wildman–Crippen LogP) is 7.89. The van der Waals surface area contributed by atoms with E-state index in [4.69, 9.17) is 9.98 Å². The first kappa shape index (κ1) is 23.1. The van der Waals surface area contributed by atoms with E-state index in [0.717, 1.165) is 58.0 Å². The summed E-state index contributed by atoms with van der Waals surface area (Å²) in [4.78, 5) is 12.3. The first-order valence-electron chi connectivity index (χ1n) is 13.4. The highest BCUT2D eigenvalue weighted by molar-refractivity contribution is 6.18. The maximum absolute atomic E-state index is 10.5. The molecule has 0 radical (unpaired) electrons. The summed E-state index contributed by atoms with van der Waals surface area (Å²) in [6, 6.07) is 27.1. The average molecular weight is 503 g/mol. The van der Waals surface area contributed by atoms with Crippen LogP contribution in [0.25, 0.3) is 6.08 Å². The normalized spacial score (nSPS) is 20.4. The van der Waals surface area contributed by atoms with Crippen LogP contribution in [0.4, 0.5) is 11.4 Å². The van der Waals surface area contributed by atoms with Gasteiger partial charge in [-0.15, -0.1) is 0 Å². The highest BCUT2D eigenvalue weighted by atomic mass is 15.1. The van der Waals surface area contributed by atoms with Crippen molar-refractivity contribution in [2.24, 2.45) is 21.8 Å². The third-order valence-electron chi connectivity index (χ3n) is 7.64. The van der Waals surface area contributed by atoms with Crippen molar-refractivity contribution in [2.45, 2.75) is 12.8 Å². The molecule has 0 bridgehead atoms. The molecule has 0 saturated heterocycles. The molecule has 3 aliphatic carbocycles. The largest absolute Gasteiger partial charge is 0.309 e. The van der Waals surface area contributed by atoms with E-state index in [1.54, 1.807) is 0 Å². The number of hydrogen-bond acceptors (Lipinski definition) is 4. The van der Waals surface area contributed by atoms with Gasteiger partial charge in [0, 0.05) is 28.4 Å². The summed E-state index contributed by atoms with van der Waals surface area (Å²) in [5.74, 6) is 0.882. The Hall–Kier alpha value is -5.01. The van der Waals surface area contributed by atoms with Crippen LogP contribution in [-0.2, 0) is 0 Å².